The molecule has 1 heterocycles. The van der Waals surface area contributed by atoms with Crippen LogP contribution in [0.3, 0.4) is 0 Å². The van der Waals surface area contributed by atoms with E-state index in [4.69, 9.17) is 5.73 Å². The van der Waals surface area contributed by atoms with Crippen molar-refractivity contribution >= 4 is 10.9 Å². The molecule has 0 aliphatic carbocycles. The first-order valence-corrected chi connectivity index (χ1v) is 4.66. The van der Waals surface area contributed by atoms with E-state index in [0.717, 1.165) is 16.6 Å². The van der Waals surface area contributed by atoms with Gasteiger partial charge in [0.2, 0.25) is 0 Å². The van der Waals surface area contributed by atoms with E-state index < -0.39 is 6.10 Å². The Morgan fingerprint density at radius 3 is 2.79 bits per heavy atom. The molecule has 2 aromatic rings. The van der Waals surface area contributed by atoms with Crippen LogP contribution in [0.1, 0.15) is 11.8 Å². The van der Waals surface area contributed by atoms with E-state index in [2.05, 4.69) is 0 Å². The average molecular weight is 190 g/mol. The lowest BCUT2D eigenvalue weighted by Crippen LogP contribution is -2.14. The SMILES string of the molecule is Cn1c([C@H](O)CN)cc2ccccc21. The van der Waals surface area contributed by atoms with Gasteiger partial charge in [-0.05, 0) is 17.5 Å². The minimum Gasteiger partial charge on any atom is -0.386 e. The maximum Gasteiger partial charge on any atom is 0.106 e. The Balaban J connectivity index is 2.62. The van der Waals surface area contributed by atoms with Crippen molar-refractivity contribution in [3.8, 4) is 0 Å². The van der Waals surface area contributed by atoms with E-state index in [1.54, 1.807) is 0 Å². The standard InChI is InChI=1S/C11H14N2O/c1-13-9-5-3-2-4-8(9)6-10(13)11(14)7-12/h2-6,11,14H,7,12H2,1H3/t11-/m1/s1. The molecule has 3 heteroatoms. The third-order valence-corrected chi connectivity index (χ3v) is 2.55. The molecule has 1 atom stereocenters. The Bertz CT molecular complexity index is 447. The van der Waals surface area contributed by atoms with Crippen molar-refractivity contribution in [2.45, 2.75) is 6.10 Å². The summed E-state index contributed by atoms with van der Waals surface area (Å²) in [6.45, 7) is 0.254. The summed E-state index contributed by atoms with van der Waals surface area (Å²) in [5.41, 5.74) is 7.42. The monoisotopic (exact) mass is 190 g/mol. The summed E-state index contributed by atoms with van der Waals surface area (Å²) >= 11 is 0. The second-order valence-corrected chi connectivity index (χ2v) is 3.44. The highest BCUT2D eigenvalue weighted by molar-refractivity contribution is 5.81. The smallest absolute Gasteiger partial charge is 0.106 e. The lowest BCUT2D eigenvalue weighted by molar-refractivity contribution is 0.179. The Kier molecular flexibility index (Phi) is 2.27. The van der Waals surface area contributed by atoms with Gasteiger partial charge in [0.25, 0.3) is 0 Å². The van der Waals surface area contributed by atoms with Crippen molar-refractivity contribution < 1.29 is 5.11 Å². The summed E-state index contributed by atoms with van der Waals surface area (Å²) in [4.78, 5) is 0. The van der Waals surface area contributed by atoms with Gasteiger partial charge in [0.1, 0.15) is 6.10 Å². The van der Waals surface area contributed by atoms with Crippen LogP contribution in [0.2, 0.25) is 0 Å². The van der Waals surface area contributed by atoms with Gasteiger partial charge in [0, 0.05) is 24.8 Å². The normalized spacial score (nSPS) is 13.4. The summed E-state index contributed by atoms with van der Waals surface area (Å²) in [5, 5.41) is 10.8. The molecule has 0 saturated carbocycles. The zero-order chi connectivity index (χ0) is 10.1. The summed E-state index contributed by atoms with van der Waals surface area (Å²) in [6, 6.07) is 10.0. The van der Waals surface area contributed by atoms with E-state index in [1.807, 2.05) is 41.9 Å². The fourth-order valence-electron chi connectivity index (χ4n) is 1.75. The summed E-state index contributed by atoms with van der Waals surface area (Å²) in [5.74, 6) is 0. The second-order valence-electron chi connectivity index (χ2n) is 3.44. The van der Waals surface area contributed by atoms with Gasteiger partial charge in [-0.15, -0.1) is 0 Å². The highest BCUT2D eigenvalue weighted by Gasteiger charge is 2.11. The molecule has 0 spiro atoms. The Hall–Kier alpha value is -1.32. The Labute approximate surface area is 82.8 Å². The van der Waals surface area contributed by atoms with Crippen molar-refractivity contribution in [3.05, 3.63) is 36.0 Å². The van der Waals surface area contributed by atoms with Crippen LogP contribution in [0.15, 0.2) is 30.3 Å². The lowest BCUT2D eigenvalue weighted by Gasteiger charge is -2.08. The number of aryl methyl sites for hydroxylation is 1. The molecule has 0 aliphatic rings. The van der Waals surface area contributed by atoms with Crippen LogP contribution < -0.4 is 5.73 Å². The number of nitrogens with two attached hydrogens (primary N) is 1. The highest BCUT2D eigenvalue weighted by atomic mass is 16.3. The number of benzene rings is 1. The van der Waals surface area contributed by atoms with Crippen LogP contribution >= 0.6 is 0 Å². The van der Waals surface area contributed by atoms with Crippen LogP contribution in [0, 0.1) is 0 Å². The maximum atomic E-state index is 9.67. The fraction of sp³-hybridized carbons (Fsp3) is 0.273. The van der Waals surface area contributed by atoms with Crippen LogP contribution in [0.25, 0.3) is 10.9 Å². The molecule has 0 bridgehead atoms. The third kappa shape index (κ3) is 1.31. The zero-order valence-electron chi connectivity index (χ0n) is 8.14. The first kappa shape index (κ1) is 9.24. The number of aliphatic hydroxyl groups is 1. The van der Waals surface area contributed by atoms with Gasteiger partial charge < -0.3 is 15.4 Å². The molecule has 0 fully saturated rings. The number of hydrogen-bond donors (Lipinski definition) is 2. The second kappa shape index (κ2) is 3.44. The highest BCUT2D eigenvalue weighted by Crippen LogP contribution is 2.22. The van der Waals surface area contributed by atoms with Gasteiger partial charge >= 0.3 is 0 Å². The molecule has 1 aromatic heterocycles. The van der Waals surface area contributed by atoms with Gasteiger partial charge in [0.15, 0.2) is 0 Å². The van der Waals surface area contributed by atoms with Gasteiger partial charge in [-0.3, -0.25) is 0 Å². The molecule has 0 saturated heterocycles. The van der Waals surface area contributed by atoms with E-state index in [0.29, 0.717) is 0 Å². The summed E-state index contributed by atoms with van der Waals surface area (Å²) in [6.07, 6.45) is -0.576. The number of rotatable bonds is 2. The van der Waals surface area contributed by atoms with Gasteiger partial charge in [-0.25, -0.2) is 0 Å². The van der Waals surface area contributed by atoms with Crippen molar-refractivity contribution in [1.29, 1.82) is 0 Å². The van der Waals surface area contributed by atoms with Crippen molar-refractivity contribution in [2.75, 3.05) is 6.54 Å². The molecule has 0 amide bonds. The zero-order valence-corrected chi connectivity index (χ0v) is 8.14. The van der Waals surface area contributed by atoms with Crippen LogP contribution in [-0.2, 0) is 7.05 Å². The average Bonchev–Trinajstić information content (AvgIpc) is 2.56. The van der Waals surface area contributed by atoms with E-state index in [1.165, 1.54) is 0 Å². The Morgan fingerprint density at radius 2 is 2.14 bits per heavy atom. The molecule has 74 valence electrons. The lowest BCUT2D eigenvalue weighted by atomic mass is 10.2. The minimum atomic E-state index is -0.576. The van der Waals surface area contributed by atoms with E-state index >= 15 is 0 Å². The largest absolute Gasteiger partial charge is 0.386 e. The molecule has 0 radical (unpaired) electrons. The van der Waals surface area contributed by atoms with Gasteiger partial charge in [0.05, 0.1) is 0 Å². The fourth-order valence-corrected chi connectivity index (χ4v) is 1.75. The van der Waals surface area contributed by atoms with Gasteiger partial charge in [-0.1, -0.05) is 18.2 Å². The van der Waals surface area contributed by atoms with Crippen molar-refractivity contribution in [1.82, 2.24) is 4.57 Å². The van der Waals surface area contributed by atoms with Crippen molar-refractivity contribution in [2.24, 2.45) is 12.8 Å². The quantitative estimate of drug-likeness (QED) is 0.747. The Morgan fingerprint density at radius 1 is 1.43 bits per heavy atom. The summed E-state index contributed by atoms with van der Waals surface area (Å²) in [7, 11) is 1.94. The maximum absolute atomic E-state index is 9.67. The topological polar surface area (TPSA) is 51.2 Å². The first-order chi connectivity index (χ1) is 6.74. The molecule has 14 heavy (non-hydrogen) atoms. The van der Waals surface area contributed by atoms with Crippen molar-refractivity contribution in [3.63, 3.8) is 0 Å². The molecule has 3 N–H and O–H groups in total. The van der Waals surface area contributed by atoms with E-state index in [-0.39, 0.29) is 6.54 Å². The summed E-state index contributed by atoms with van der Waals surface area (Å²) < 4.78 is 1.98. The minimum absolute atomic E-state index is 0.254. The number of aromatic nitrogens is 1. The number of fused-ring (bicyclic) bond motifs is 1. The van der Waals surface area contributed by atoms with Crippen LogP contribution in [0.4, 0.5) is 0 Å². The molecular formula is C11H14N2O. The molecule has 1 aromatic carbocycles. The molecule has 2 rings (SSSR count). The first-order valence-electron chi connectivity index (χ1n) is 4.66. The molecule has 0 aliphatic heterocycles. The number of aliphatic hydroxyl groups excluding tert-OH is 1. The van der Waals surface area contributed by atoms with E-state index in [9.17, 15) is 5.11 Å². The molecule has 0 unspecified atom stereocenters. The predicted octanol–water partition coefficient (Wildman–Crippen LogP) is 1.17. The predicted molar refractivity (Wildman–Crippen MR) is 56.9 cm³/mol. The van der Waals surface area contributed by atoms with Crippen LogP contribution in [-0.4, -0.2) is 16.2 Å². The van der Waals surface area contributed by atoms with Gasteiger partial charge in [-0.2, -0.15) is 0 Å². The number of hydrogen-bond acceptors (Lipinski definition) is 2. The molecular weight excluding hydrogens is 176 g/mol. The van der Waals surface area contributed by atoms with Crippen LogP contribution in [0.5, 0.6) is 0 Å². The molecule has 3 nitrogen and oxygen atoms in total. The third-order valence-electron chi connectivity index (χ3n) is 2.55. The number of nitrogens with zero attached hydrogens (tertiary/aromatic N) is 1. The number of para-hydroxylation sites is 1.